The molecule has 2 rings (SSSR count). The van der Waals surface area contributed by atoms with Crippen LogP contribution in [0.4, 0.5) is 5.69 Å². The molecule has 0 fully saturated rings. The SMILES string of the molecule is Nc1cc2ccccc2cc1C(=O)OCCO. The summed E-state index contributed by atoms with van der Waals surface area (Å²) >= 11 is 0. The van der Waals surface area contributed by atoms with E-state index in [1.54, 1.807) is 12.1 Å². The van der Waals surface area contributed by atoms with Gasteiger partial charge in [-0.1, -0.05) is 24.3 Å². The molecule has 0 amide bonds. The van der Waals surface area contributed by atoms with E-state index in [-0.39, 0.29) is 13.2 Å². The zero-order valence-electron chi connectivity index (χ0n) is 9.22. The molecule has 0 bridgehead atoms. The molecule has 0 heterocycles. The number of nitrogens with two attached hydrogens (primary N) is 1. The first-order valence-corrected chi connectivity index (χ1v) is 5.28. The van der Waals surface area contributed by atoms with Crippen LogP contribution >= 0.6 is 0 Å². The highest BCUT2D eigenvalue weighted by atomic mass is 16.5. The number of aliphatic hydroxyl groups is 1. The van der Waals surface area contributed by atoms with Gasteiger partial charge >= 0.3 is 5.97 Å². The molecule has 3 N–H and O–H groups in total. The number of nitrogen functional groups attached to an aromatic ring is 1. The fraction of sp³-hybridized carbons (Fsp3) is 0.154. The zero-order chi connectivity index (χ0) is 12.3. The van der Waals surface area contributed by atoms with Crippen molar-refractivity contribution < 1.29 is 14.6 Å². The molecule has 0 aliphatic heterocycles. The summed E-state index contributed by atoms with van der Waals surface area (Å²) in [7, 11) is 0. The number of carbonyl (C=O) groups excluding carboxylic acids is 1. The lowest BCUT2D eigenvalue weighted by atomic mass is 10.1. The van der Waals surface area contributed by atoms with Crippen LogP contribution in [0.15, 0.2) is 36.4 Å². The van der Waals surface area contributed by atoms with Gasteiger partial charge in [0.25, 0.3) is 0 Å². The number of hydrogen-bond acceptors (Lipinski definition) is 4. The average molecular weight is 231 g/mol. The number of carbonyl (C=O) groups is 1. The summed E-state index contributed by atoms with van der Waals surface area (Å²) in [5.74, 6) is -0.512. The second-order valence-corrected chi connectivity index (χ2v) is 3.65. The molecule has 0 spiro atoms. The van der Waals surface area contributed by atoms with E-state index < -0.39 is 5.97 Å². The van der Waals surface area contributed by atoms with Crippen molar-refractivity contribution in [3.63, 3.8) is 0 Å². The number of aliphatic hydroxyl groups excluding tert-OH is 1. The van der Waals surface area contributed by atoms with Gasteiger partial charge in [-0.3, -0.25) is 0 Å². The Morgan fingerprint density at radius 1 is 1.24 bits per heavy atom. The minimum absolute atomic E-state index is 0.0227. The maximum atomic E-state index is 11.7. The molecule has 0 aromatic heterocycles. The lowest BCUT2D eigenvalue weighted by Crippen LogP contribution is -2.11. The van der Waals surface area contributed by atoms with E-state index in [9.17, 15) is 4.79 Å². The Hall–Kier alpha value is -2.07. The molecule has 4 nitrogen and oxygen atoms in total. The van der Waals surface area contributed by atoms with Crippen LogP contribution in [0.3, 0.4) is 0 Å². The second kappa shape index (κ2) is 4.84. The molecule has 0 aliphatic carbocycles. The smallest absolute Gasteiger partial charge is 0.340 e. The quantitative estimate of drug-likeness (QED) is 0.621. The van der Waals surface area contributed by atoms with Crippen molar-refractivity contribution in [2.24, 2.45) is 0 Å². The molecule has 2 aromatic rings. The fourth-order valence-corrected chi connectivity index (χ4v) is 1.65. The van der Waals surface area contributed by atoms with E-state index in [2.05, 4.69) is 0 Å². The van der Waals surface area contributed by atoms with Gasteiger partial charge in [-0.15, -0.1) is 0 Å². The summed E-state index contributed by atoms with van der Waals surface area (Å²) in [4.78, 5) is 11.7. The standard InChI is InChI=1S/C13H13NO3/c14-12-8-10-4-2-1-3-9(10)7-11(12)13(16)17-6-5-15/h1-4,7-8,15H,5-6,14H2. The molecule has 4 heteroatoms. The van der Waals surface area contributed by atoms with E-state index in [1.165, 1.54) is 0 Å². The molecule has 0 saturated carbocycles. The topological polar surface area (TPSA) is 72.6 Å². The van der Waals surface area contributed by atoms with Crippen LogP contribution in [0.2, 0.25) is 0 Å². The van der Waals surface area contributed by atoms with Crippen molar-refractivity contribution in [1.29, 1.82) is 0 Å². The molecule has 0 radical (unpaired) electrons. The molecular formula is C13H13NO3. The van der Waals surface area contributed by atoms with Crippen LogP contribution in [0.1, 0.15) is 10.4 Å². The summed E-state index contributed by atoms with van der Waals surface area (Å²) < 4.78 is 4.84. The first-order valence-electron chi connectivity index (χ1n) is 5.28. The van der Waals surface area contributed by atoms with Gasteiger partial charge in [-0.25, -0.2) is 4.79 Å². The number of rotatable bonds is 3. The molecule has 0 atom stereocenters. The monoisotopic (exact) mass is 231 g/mol. The van der Waals surface area contributed by atoms with E-state index in [4.69, 9.17) is 15.6 Å². The summed E-state index contributed by atoms with van der Waals surface area (Å²) in [6.45, 7) is -0.218. The Bertz CT molecular complexity index is 551. The van der Waals surface area contributed by atoms with Gasteiger partial charge in [0.1, 0.15) is 6.61 Å². The minimum atomic E-state index is -0.512. The Balaban J connectivity index is 2.40. The second-order valence-electron chi connectivity index (χ2n) is 3.65. The predicted molar refractivity (Wildman–Crippen MR) is 65.7 cm³/mol. The van der Waals surface area contributed by atoms with Crippen LogP contribution in [-0.2, 0) is 4.74 Å². The molecule has 88 valence electrons. The predicted octanol–water partition coefficient (Wildman–Crippen LogP) is 1.57. The first-order chi connectivity index (χ1) is 8.22. The third kappa shape index (κ3) is 2.37. The molecule has 17 heavy (non-hydrogen) atoms. The van der Waals surface area contributed by atoms with E-state index >= 15 is 0 Å². The number of fused-ring (bicyclic) bond motifs is 1. The molecule has 0 saturated heterocycles. The Kier molecular flexibility index (Phi) is 3.25. The number of hydrogen-bond donors (Lipinski definition) is 2. The zero-order valence-corrected chi connectivity index (χ0v) is 9.22. The van der Waals surface area contributed by atoms with Gasteiger partial charge in [0.05, 0.1) is 12.2 Å². The van der Waals surface area contributed by atoms with Crippen LogP contribution in [-0.4, -0.2) is 24.3 Å². The molecular weight excluding hydrogens is 218 g/mol. The number of anilines is 1. The highest BCUT2D eigenvalue weighted by molar-refractivity contribution is 6.01. The van der Waals surface area contributed by atoms with Crippen molar-refractivity contribution >= 4 is 22.4 Å². The number of ether oxygens (including phenoxy) is 1. The summed E-state index contributed by atoms with van der Waals surface area (Å²) in [6, 6.07) is 11.1. The Morgan fingerprint density at radius 3 is 2.53 bits per heavy atom. The van der Waals surface area contributed by atoms with Crippen molar-refractivity contribution in [1.82, 2.24) is 0 Å². The highest BCUT2D eigenvalue weighted by Crippen LogP contribution is 2.22. The van der Waals surface area contributed by atoms with Crippen LogP contribution in [0.5, 0.6) is 0 Å². The van der Waals surface area contributed by atoms with Gasteiger partial charge in [0.2, 0.25) is 0 Å². The number of benzene rings is 2. The van der Waals surface area contributed by atoms with Gasteiger partial charge in [-0.2, -0.15) is 0 Å². The summed E-state index contributed by atoms with van der Waals surface area (Å²) in [5.41, 5.74) is 6.51. The molecule has 0 aliphatic rings. The van der Waals surface area contributed by atoms with E-state index in [0.717, 1.165) is 10.8 Å². The molecule has 0 unspecified atom stereocenters. The lowest BCUT2D eigenvalue weighted by molar-refractivity contribution is 0.0435. The largest absolute Gasteiger partial charge is 0.460 e. The van der Waals surface area contributed by atoms with Crippen LogP contribution < -0.4 is 5.73 Å². The van der Waals surface area contributed by atoms with Crippen LogP contribution in [0, 0.1) is 0 Å². The summed E-state index contributed by atoms with van der Waals surface area (Å²) in [5, 5.41) is 10.5. The maximum absolute atomic E-state index is 11.7. The van der Waals surface area contributed by atoms with Crippen molar-refractivity contribution in [3.8, 4) is 0 Å². The van der Waals surface area contributed by atoms with Gasteiger partial charge < -0.3 is 15.6 Å². The third-order valence-corrected chi connectivity index (χ3v) is 2.46. The maximum Gasteiger partial charge on any atom is 0.340 e. The minimum Gasteiger partial charge on any atom is -0.460 e. The van der Waals surface area contributed by atoms with Crippen LogP contribution in [0.25, 0.3) is 10.8 Å². The van der Waals surface area contributed by atoms with Crippen molar-refractivity contribution in [3.05, 3.63) is 42.0 Å². The van der Waals surface area contributed by atoms with Gasteiger partial charge in [0, 0.05) is 5.69 Å². The van der Waals surface area contributed by atoms with Crippen molar-refractivity contribution in [2.75, 3.05) is 18.9 Å². The lowest BCUT2D eigenvalue weighted by Gasteiger charge is -2.07. The van der Waals surface area contributed by atoms with Gasteiger partial charge in [-0.05, 0) is 22.9 Å². The summed E-state index contributed by atoms with van der Waals surface area (Å²) in [6.07, 6.45) is 0. The Morgan fingerprint density at radius 2 is 1.88 bits per heavy atom. The van der Waals surface area contributed by atoms with E-state index in [1.807, 2.05) is 24.3 Å². The first kappa shape index (κ1) is 11.4. The van der Waals surface area contributed by atoms with Crippen molar-refractivity contribution in [2.45, 2.75) is 0 Å². The highest BCUT2D eigenvalue weighted by Gasteiger charge is 2.11. The van der Waals surface area contributed by atoms with Gasteiger partial charge in [0.15, 0.2) is 0 Å². The fourth-order valence-electron chi connectivity index (χ4n) is 1.65. The van der Waals surface area contributed by atoms with E-state index in [0.29, 0.717) is 11.3 Å². The average Bonchev–Trinajstić information content (AvgIpc) is 2.35. The number of esters is 1. The molecule has 2 aromatic carbocycles. The third-order valence-electron chi connectivity index (χ3n) is 2.46. The Labute approximate surface area is 98.6 Å². The normalized spacial score (nSPS) is 10.4.